The van der Waals surface area contributed by atoms with Crippen molar-refractivity contribution in [3.8, 4) is 0 Å². The summed E-state index contributed by atoms with van der Waals surface area (Å²) >= 11 is 0. The number of aromatic amines is 3. The molecule has 1 saturated heterocycles. The highest BCUT2D eigenvalue weighted by atomic mass is 16.5. The van der Waals surface area contributed by atoms with Gasteiger partial charge >= 0.3 is 11.9 Å². The third-order valence-corrected chi connectivity index (χ3v) is 14.6. The zero-order chi connectivity index (χ0) is 46.4. The Balaban J connectivity index is 1.21. The van der Waals surface area contributed by atoms with Gasteiger partial charge in [0.05, 0.1) is 12.8 Å². The standard InChI is InChI=1S/C55H76N4O5/c1-13-39-35(8)42-28-44-37(10)41(24-25-48(60)64-27-26-34(7)23-17-22-33(6)21-16-20-32(5)19-15-18-31(3)4)52(58-44)50-51(55(62)63-12)54(61)49-38(11)45(59-53(49)50)30-47-40(14-2)36(9)43(57-47)29-46(39)56-42/h13,26,28-33,37,41,51,56-59H,1,14-25,27H2,2-12H3/b34-26+,43-29-,44-28-,47-30-,52-50-/t32-,33?,37+,41+,51-/m1/s1. The maximum atomic E-state index is 14.4. The van der Waals surface area contributed by atoms with Crippen molar-refractivity contribution in [2.24, 2.45) is 35.5 Å². The number of carbonyl (C=O) groups excluding carboxylic acids is 3. The molecule has 346 valence electrons. The van der Waals surface area contributed by atoms with Gasteiger partial charge < -0.3 is 29.7 Å². The first-order chi connectivity index (χ1) is 30.6. The SMILES string of the molecule is C=Cc1c2[nH]c(c1C)/C=C1\N/C(=C3\c4[nH]c(c(C)c4C(=O)[C@@H]3C(=O)OC)/C=c3\[nH]/c(c(C)c3CC)=C\2)[C@@H](CCC(=O)OC/C=C(\C)CCCC(C)CCC[C@H](C)CCCC(C)C)[C@@H]1C. The van der Waals surface area contributed by atoms with E-state index in [9.17, 15) is 14.4 Å². The van der Waals surface area contributed by atoms with E-state index in [1.165, 1.54) is 63.2 Å². The first kappa shape index (κ1) is 48.4. The van der Waals surface area contributed by atoms with Gasteiger partial charge in [0.25, 0.3) is 0 Å². The minimum absolute atomic E-state index is 0.0876. The molecule has 0 aromatic carbocycles. The number of H-pyrrole nitrogens is 3. The first-order valence-corrected chi connectivity index (χ1v) is 24.2. The van der Waals surface area contributed by atoms with Gasteiger partial charge in [0.2, 0.25) is 0 Å². The summed E-state index contributed by atoms with van der Waals surface area (Å²) in [5.41, 5.74) is 12.5. The van der Waals surface area contributed by atoms with Crippen LogP contribution in [0.4, 0.5) is 0 Å². The van der Waals surface area contributed by atoms with Crippen molar-refractivity contribution < 1.29 is 23.9 Å². The molecule has 5 heterocycles. The summed E-state index contributed by atoms with van der Waals surface area (Å²) in [6, 6.07) is 0. The first-order valence-electron chi connectivity index (χ1n) is 24.2. The lowest BCUT2D eigenvalue weighted by Crippen LogP contribution is -2.25. The number of nitrogens with one attached hydrogen (secondary N) is 4. The van der Waals surface area contributed by atoms with E-state index in [1.54, 1.807) is 0 Å². The van der Waals surface area contributed by atoms with Crippen LogP contribution < -0.4 is 16.0 Å². The van der Waals surface area contributed by atoms with E-state index in [1.807, 2.05) is 19.1 Å². The van der Waals surface area contributed by atoms with Crippen molar-refractivity contribution in [3.05, 3.63) is 96.5 Å². The Hall–Kier alpha value is -5.05. The lowest BCUT2D eigenvalue weighted by atomic mass is 9.85. The minimum Gasteiger partial charge on any atom is -0.468 e. The highest BCUT2D eigenvalue weighted by Crippen LogP contribution is 2.48. The summed E-state index contributed by atoms with van der Waals surface area (Å²) in [4.78, 5) is 52.4. The third kappa shape index (κ3) is 10.6. The number of allylic oxidation sites excluding steroid dienone is 3. The van der Waals surface area contributed by atoms with Gasteiger partial charge in [-0.15, -0.1) is 0 Å². The van der Waals surface area contributed by atoms with E-state index in [4.69, 9.17) is 9.47 Å². The topological polar surface area (TPSA) is 129 Å². The number of ketones is 1. The molecule has 0 radical (unpaired) electrons. The molecule has 3 aliphatic rings. The number of methoxy groups -OCH3 is 1. The van der Waals surface area contributed by atoms with Crippen LogP contribution in [0.1, 0.15) is 180 Å². The summed E-state index contributed by atoms with van der Waals surface area (Å²) in [6.07, 6.45) is 23.1. The Bertz CT molecular complexity index is 2450. The molecule has 3 aromatic rings. The molecule has 4 N–H and O–H groups in total. The molecular formula is C55H76N4O5. The largest absolute Gasteiger partial charge is 0.468 e. The molecule has 1 aliphatic carbocycles. The number of ether oxygens (including phenoxy) is 2. The fraction of sp³-hybridized carbons (Fsp3) is 0.545. The third-order valence-electron chi connectivity index (χ3n) is 14.6. The zero-order valence-electron chi connectivity index (χ0n) is 40.8. The molecule has 1 unspecified atom stereocenters. The molecule has 2 aliphatic heterocycles. The smallest absolute Gasteiger partial charge is 0.321 e. The van der Waals surface area contributed by atoms with Gasteiger partial charge in [-0.25, -0.2) is 0 Å². The van der Waals surface area contributed by atoms with E-state index in [-0.39, 0.29) is 36.6 Å². The molecule has 5 atom stereocenters. The molecule has 6 rings (SSSR count). The molecule has 8 bridgehead atoms. The predicted octanol–water partition coefficient (Wildman–Crippen LogP) is 11.1. The van der Waals surface area contributed by atoms with Crippen LogP contribution in [0.2, 0.25) is 0 Å². The summed E-state index contributed by atoms with van der Waals surface area (Å²) in [7, 11) is 1.32. The average molecular weight is 873 g/mol. The number of fused-ring (bicyclic) bond motifs is 7. The second-order valence-electron chi connectivity index (χ2n) is 19.7. The summed E-state index contributed by atoms with van der Waals surface area (Å²) in [5, 5.41) is 5.66. The van der Waals surface area contributed by atoms with Gasteiger partial charge in [-0.3, -0.25) is 14.4 Å². The number of carbonyl (C=O) groups is 3. The Morgan fingerprint density at radius 2 is 1.48 bits per heavy atom. The van der Waals surface area contributed by atoms with Crippen LogP contribution in [0, 0.1) is 56.3 Å². The van der Waals surface area contributed by atoms with Crippen LogP contribution in [-0.2, 0) is 25.5 Å². The van der Waals surface area contributed by atoms with Crippen molar-refractivity contribution >= 4 is 47.6 Å². The Morgan fingerprint density at radius 3 is 2.14 bits per heavy atom. The van der Waals surface area contributed by atoms with Crippen molar-refractivity contribution in [2.75, 3.05) is 13.7 Å². The van der Waals surface area contributed by atoms with Crippen LogP contribution in [0.15, 0.2) is 29.6 Å². The van der Waals surface area contributed by atoms with Gasteiger partial charge in [-0.2, -0.15) is 0 Å². The van der Waals surface area contributed by atoms with Gasteiger partial charge in [-0.1, -0.05) is 105 Å². The highest BCUT2D eigenvalue weighted by molar-refractivity contribution is 6.24. The molecule has 0 spiro atoms. The Labute approximate surface area is 382 Å². The fourth-order valence-electron chi connectivity index (χ4n) is 10.4. The van der Waals surface area contributed by atoms with Crippen LogP contribution in [0.5, 0.6) is 0 Å². The van der Waals surface area contributed by atoms with Crippen LogP contribution >= 0.6 is 0 Å². The van der Waals surface area contributed by atoms with Gasteiger partial charge in [0.15, 0.2) is 5.78 Å². The fourth-order valence-corrected chi connectivity index (χ4v) is 10.4. The van der Waals surface area contributed by atoms with Crippen molar-refractivity contribution in [2.45, 2.75) is 146 Å². The molecule has 1 fully saturated rings. The van der Waals surface area contributed by atoms with Crippen molar-refractivity contribution in [1.29, 1.82) is 0 Å². The molecule has 3 aromatic heterocycles. The number of esters is 2. The van der Waals surface area contributed by atoms with Gasteiger partial charge in [0.1, 0.15) is 12.5 Å². The van der Waals surface area contributed by atoms with E-state index in [0.29, 0.717) is 23.3 Å². The normalized spacial score (nSPS) is 22.0. The maximum Gasteiger partial charge on any atom is 0.321 e. The Kier molecular flexibility index (Phi) is 16.1. The van der Waals surface area contributed by atoms with Crippen molar-refractivity contribution in [1.82, 2.24) is 20.3 Å². The molecule has 9 heteroatoms. The molecular weight excluding hydrogens is 797 g/mol. The van der Waals surface area contributed by atoms with Crippen LogP contribution in [-0.4, -0.2) is 46.4 Å². The number of Topliss-reactive ketones (excluding diaryl/α,β-unsaturated/α-hetero) is 1. The predicted molar refractivity (Wildman–Crippen MR) is 262 cm³/mol. The quantitative estimate of drug-likeness (QED) is 0.0508. The van der Waals surface area contributed by atoms with Crippen LogP contribution in [0.25, 0.3) is 29.9 Å². The average Bonchev–Trinajstić information content (AvgIpc) is 3.99. The zero-order valence-corrected chi connectivity index (χ0v) is 40.8. The van der Waals surface area contributed by atoms with E-state index >= 15 is 0 Å². The van der Waals surface area contributed by atoms with Crippen LogP contribution in [0.3, 0.4) is 0 Å². The number of hydrogen-bond donors (Lipinski definition) is 4. The number of aromatic nitrogens is 3. The van der Waals surface area contributed by atoms with E-state index in [2.05, 4.69) is 107 Å². The van der Waals surface area contributed by atoms with Crippen molar-refractivity contribution in [3.63, 3.8) is 0 Å². The van der Waals surface area contributed by atoms with E-state index < -0.39 is 11.9 Å². The minimum atomic E-state index is -1.14. The summed E-state index contributed by atoms with van der Waals surface area (Å²) in [6.45, 7) is 26.4. The van der Waals surface area contributed by atoms with E-state index in [0.717, 1.165) is 98.4 Å². The molecule has 0 saturated carbocycles. The Morgan fingerprint density at radius 1 is 0.828 bits per heavy atom. The molecule has 0 amide bonds. The number of rotatable bonds is 20. The lowest BCUT2D eigenvalue weighted by Gasteiger charge is -2.19. The molecule has 9 nitrogen and oxygen atoms in total. The number of hydrogen-bond acceptors (Lipinski definition) is 6. The summed E-state index contributed by atoms with van der Waals surface area (Å²) < 4.78 is 11.1. The maximum absolute atomic E-state index is 14.4. The second kappa shape index (κ2) is 21.3. The highest BCUT2D eigenvalue weighted by Gasteiger charge is 2.48. The van der Waals surface area contributed by atoms with Gasteiger partial charge in [-0.05, 0) is 118 Å². The lowest BCUT2D eigenvalue weighted by molar-refractivity contribution is -0.143. The molecule has 64 heavy (non-hydrogen) atoms. The second-order valence-corrected chi connectivity index (χ2v) is 19.7. The summed E-state index contributed by atoms with van der Waals surface area (Å²) in [5.74, 6) is -0.275. The monoisotopic (exact) mass is 873 g/mol. The van der Waals surface area contributed by atoms with Gasteiger partial charge in [0, 0.05) is 74.1 Å².